The van der Waals surface area contributed by atoms with Gasteiger partial charge in [0.15, 0.2) is 0 Å². The third-order valence-corrected chi connectivity index (χ3v) is 4.76. The molecule has 4 nitrogen and oxygen atoms in total. The fourth-order valence-electron chi connectivity index (χ4n) is 3.00. The molecule has 0 radical (unpaired) electrons. The zero-order chi connectivity index (χ0) is 18.6. The van der Waals surface area contributed by atoms with Crippen LogP contribution < -0.4 is 0 Å². The van der Waals surface area contributed by atoms with Crippen LogP contribution in [0.25, 0.3) is 0 Å². The Kier molecular flexibility index (Phi) is 4.76. The molecule has 1 rings (SSSR count). The van der Waals surface area contributed by atoms with Crippen LogP contribution in [-0.2, 0) is 26.4 Å². The predicted molar refractivity (Wildman–Crippen MR) is 94.0 cm³/mol. The van der Waals surface area contributed by atoms with Crippen molar-refractivity contribution in [1.29, 1.82) is 0 Å². The standard InChI is InChI=1S/C18H30O4S/c1-16(2,3)11-10-12(19)15(23(20,21)22)14(18(7,8)9)13(11)17(4,5)6/h10,19H,1-9H3,(H,20,21,22). The first-order valence-electron chi connectivity index (χ1n) is 7.77. The van der Waals surface area contributed by atoms with E-state index in [0.717, 1.165) is 11.1 Å². The summed E-state index contributed by atoms with van der Waals surface area (Å²) in [7, 11) is -4.54. The number of phenols is 1. The van der Waals surface area contributed by atoms with E-state index in [1.807, 2.05) is 62.3 Å². The van der Waals surface area contributed by atoms with Crippen molar-refractivity contribution in [2.75, 3.05) is 0 Å². The molecule has 1 aromatic carbocycles. The molecule has 0 unspecified atom stereocenters. The van der Waals surface area contributed by atoms with Crippen LogP contribution in [0.3, 0.4) is 0 Å². The van der Waals surface area contributed by atoms with Crippen LogP contribution in [0.15, 0.2) is 11.0 Å². The number of rotatable bonds is 1. The van der Waals surface area contributed by atoms with Gasteiger partial charge in [0.1, 0.15) is 10.6 Å². The molecule has 0 saturated carbocycles. The highest BCUT2D eigenvalue weighted by molar-refractivity contribution is 7.86. The van der Waals surface area contributed by atoms with Gasteiger partial charge in [0.25, 0.3) is 10.1 Å². The summed E-state index contributed by atoms with van der Waals surface area (Å²) in [5, 5.41) is 10.4. The predicted octanol–water partition coefficient (Wildman–Crippen LogP) is 4.53. The lowest BCUT2D eigenvalue weighted by Crippen LogP contribution is -2.30. The Bertz CT molecular complexity index is 709. The Morgan fingerprint density at radius 2 is 1.17 bits per heavy atom. The van der Waals surface area contributed by atoms with Gasteiger partial charge in [-0.25, -0.2) is 0 Å². The third kappa shape index (κ3) is 4.07. The minimum absolute atomic E-state index is 0.280. The number of hydrogen-bond donors (Lipinski definition) is 2. The largest absolute Gasteiger partial charge is 0.506 e. The molecule has 0 aliphatic carbocycles. The molecular formula is C18H30O4S. The monoisotopic (exact) mass is 342 g/mol. The number of aromatic hydroxyl groups is 1. The van der Waals surface area contributed by atoms with E-state index < -0.39 is 21.3 Å². The van der Waals surface area contributed by atoms with Crippen molar-refractivity contribution in [2.45, 2.75) is 83.5 Å². The molecule has 1 aromatic rings. The SMILES string of the molecule is CC(C)(C)c1cc(O)c(S(=O)(=O)O)c(C(C)(C)C)c1C(C)(C)C. The first-order valence-corrected chi connectivity index (χ1v) is 9.21. The molecule has 0 aliphatic rings. The highest BCUT2D eigenvalue weighted by Crippen LogP contribution is 2.46. The van der Waals surface area contributed by atoms with E-state index in [0.29, 0.717) is 5.56 Å². The first-order chi connectivity index (χ1) is 9.88. The quantitative estimate of drug-likeness (QED) is 0.735. The summed E-state index contributed by atoms with van der Waals surface area (Å²) in [6, 6.07) is 1.49. The van der Waals surface area contributed by atoms with E-state index in [-0.39, 0.29) is 15.7 Å². The molecule has 2 N–H and O–H groups in total. The maximum Gasteiger partial charge on any atom is 0.298 e. The molecule has 0 bridgehead atoms. The molecule has 0 saturated heterocycles. The van der Waals surface area contributed by atoms with E-state index in [1.165, 1.54) is 6.07 Å². The zero-order valence-electron chi connectivity index (χ0n) is 15.7. The Morgan fingerprint density at radius 1 is 0.783 bits per heavy atom. The van der Waals surface area contributed by atoms with Gasteiger partial charge in [-0.15, -0.1) is 0 Å². The van der Waals surface area contributed by atoms with Crippen LogP contribution in [0.2, 0.25) is 0 Å². The normalized spacial score (nSPS) is 14.2. The van der Waals surface area contributed by atoms with Gasteiger partial charge >= 0.3 is 0 Å². The van der Waals surface area contributed by atoms with Crippen LogP contribution in [0.1, 0.15) is 79.0 Å². The Morgan fingerprint density at radius 3 is 1.43 bits per heavy atom. The fourth-order valence-corrected chi connectivity index (χ4v) is 3.99. The van der Waals surface area contributed by atoms with Crippen LogP contribution >= 0.6 is 0 Å². The van der Waals surface area contributed by atoms with Crippen LogP contribution in [0.4, 0.5) is 0 Å². The number of hydrogen-bond acceptors (Lipinski definition) is 3. The minimum Gasteiger partial charge on any atom is -0.506 e. The lowest BCUT2D eigenvalue weighted by atomic mass is 9.68. The third-order valence-electron chi connectivity index (χ3n) is 3.83. The second kappa shape index (κ2) is 5.49. The fraction of sp³-hybridized carbons (Fsp3) is 0.667. The average Bonchev–Trinajstić information content (AvgIpc) is 2.21. The average molecular weight is 343 g/mol. The van der Waals surface area contributed by atoms with Gasteiger partial charge in [0.05, 0.1) is 0 Å². The smallest absolute Gasteiger partial charge is 0.298 e. The summed E-state index contributed by atoms with van der Waals surface area (Å²) in [4.78, 5) is -0.372. The van der Waals surface area contributed by atoms with E-state index in [9.17, 15) is 18.1 Å². The zero-order valence-corrected chi connectivity index (χ0v) is 16.5. The van der Waals surface area contributed by atoms with Gasteiger partial charge in [-0.05, 0) is 39.0 Å². The molecule has 0 heterocycles. The number of phenolic OH excluding ortho intramolecular Hbond substituents is 1. The molecule has 0 spiro atoms. The molecule has 5 heteroatoms. The minimum atomic E-state index is -4.54. The Balaban J connectivity index is 4.27. The molecule has 132 valence electrons. The summed E-state index contributed by atoms with van der Waals surface area (Å²) >= 11 is 0. The molecule has 0 aliphatic heterocycles. The molecule has 0 atom stereocenters. The lowest BCUT2D eigenvalue weighted by molar-refractivity contribution is 0.419. The van der Waals surface area contributed by atoms with Crippen molar-refractivity contribution in [3.8, 4) is 5.75 Å². The van der Waals surface area contributed by atoms with Gasteiger partial charge in [-0.2, -0.15) is 8.42 Å². The summed E-state index contributed by atoms with van der Waals surface area (Å²) in [5.74, 6) is -0.393. The Hall–Kier alpha value is -1.07. The van der Waals surface area contributed by atoms with Crippen molar-refractivity contribution in [3.05, 3.63) is 22.8 Å². The van der Waals surface area contributed by atoms with Crippen LogP contribution in [0, 0.1) is 0 Å². The summed E-state index contributed by atoms with van der Waals surface area (Å²) in [5.41, 5.74) is 1.04. The van der Waals surface area contributed by atoms with E-state index in [2.05, 4.69) is 0 Å². The topological polar surface area (TPSA) is 74.6 Å². The second-order valence-electron chi connectivity index (χ2n) is 9.25. The van der Waals surface area contributed by atoms with E-state index in [4.69, 9.17) is 0 Å². The summed E-state index contributed by atoms with van der Waals surface area (Å²) < 4.78 is 33.6. The molecule has 23 heavy (non-hydrogen) atoms. The maximum absolute atomic E-state index is 12.0. The van der Waals surface area contributed by atoms with Gasteiger partial charge in [0, 0.05) is 0 Å². The molecular weight excluding hydrogens is 312 g/mol. The van der Waals surface area contributed by atoms with E-state index in [1.54, 1.807) is 0 Å². The van der Waals surface area contributed by atoms with Gasteiger partial charge in [-0.1, -0.05) is 62.3 Å². The molecule has 0 fully saturated rings. The summed E-state index contributed by atoms with van der Waals surface area (Å²) in [6.07, 6.45) is 0. The van der Waals surface area contributed by atoms with Gasteiger partial charge in [0.2, 0.25) is 0 Å². The highest BCUT2D eigenvalue weighted by atomic mass is 32.2. The first kappa shape index (κ1) is 20.0. The maximum atomic E-state index is 12.0. The highest BCUT2D eigenvalue weighted by Gasteiger charge is 2.38. The van der Waals surface area contributed by atoms with Crippen molar-refractivity contribution < 1.29 is 18.1 Å². The van der Waals surface area contributed by atoms with Crippen molar-refractivity contribution >= 4 is 10.1 Å². The van der Waals surface area contributed by atoms with Crippen LogP contribution in [0.5, 0.6) is 5.75 Å². The molecule has 0 amide bonds. The van der Waals surface area contributed by atoms with Gasteiger partial charge < -0.3 is 5.11 Å². The second-order valence-corrected chi connectivity index (χ2v) is 10.6. The van der Waals surface area contributed by atoms with E-state index >= 15 is 0 Å². The Labute approximate surface area is 140 Å². The van der Waals surface area contributed by atoms with Crippen molar-refractivity contribution in [3.63, 3.8) is 0 Å². The van der Waals surface area contributed by atoms with Crippen LogP contribution in [-0.4, -0.2) is 18.1 Å². The lowest BCUT2D eigenvalue weighted by Gasteiger charge is -2.37. The van der Waals surface area contributed by atoms with Crippen molar-refractivity contribution in [1.82, 2.24) is 0 Å². The van der Waals surface area contributed by atoms with Crippen molar-refractivity contribution in [2.24, 2.45) is 0 Å². The molecule has 0 aromatic heterocycles. The van der Waals surface area contributed by atoms with Gasteiger partial charge in [-0.3, -0.25) is 4.55 Å². The summed E-state index contributed by atoms with van der Waals surface area (Å²) in [6.45, 7) is 17.8. The number of benzene rings is 1.